The number of carbonyl (C=O) groups is 1. The third-order valence-electron chi connectivity index (χ3n) is 2.36. The van der Waals surface area contributed by atoms with Crippen LogP contribution in [0.5, 0.6) is 0 Å². The average molecular weight is 165 g/mol. The second-order valence-corrected chi connectivity index (χ2v) is 3.18. The molecule has 0 aliphatic heterocycles. The molecule has 0 aliphatic rings. The average Bonchev–Trinajstić information content (AvgIpc) is 2.25. The molecule has 0 aromatic carbocycles. The molecule has 0 fully saturated rings. The molecule has 1 aromatic rings. The van der Waals surface area contributed by atoms with Crippen molar-refractivity contribution in [2.45, 2.75) is 33.6 Å². The predicted octanol–water partition coefficient (Wildman–Crippen LogP) is 2.07. The summed E-state index contributed by atoms with van der Waals surface area (Å²) < 4.78 is 0. The molecular weight excluding hydrogens is 150 g/mol. The van der Waals surface area contributed by atoms with Crippen LogP contribution in [0, 0.1) is 20.8 Å². The molecule has 0 amide bonds. The number of hydrogen-bond acceptors (Lipinski definition) is 1. The lowest BCUT2D eigenvalue weighted by atomic mass is 10.1. The van der Waals surface area contributed by atoms with Crippen LogP contribution in [-0.2, 0) is 11.2 Å². The summed E-state index contributed by atoms with van der Waals surface area (Å²) in [7, 11) is 0. The molecule has 12 heavy (non-hydrogen) atoms. The number of rotatable bonds is 3. The van der Waals surface area contributed by atoms with Gasteiger partial charge in [-0.15, -0.1) is 0 Å². The predicted molar refractivity (Wildman–Crippen MR) is 49.4 cm³/mol. The molecule has 66 valence electrons. The molecule has 0 saturated heterocycles. The van der Waals surface area contributed by atoms with Crippen LogP contribution in [0.15, 0.2) is 0 Å². The lowest BCUT2D eigenvalue weighted by molar-refractivity contribution is -0.107. The number of aldehydes is 1. The number of aromatic nitrogens is 1. The van der Waals surface area contributed by atoms with E-state index in [1.165, 1.54) is 22.5 Å². The minimum Gasteiger partial charge on any atom is -0.362 e. The molecule has 1 rings (SSSR count). The highest BCUT2D eigenvalue weighted by Crippen LogP contribution is 2.17. The first kappa shape index (κ1) is 9.04. The molecule has 2 nitrogen and oxygen atoms in total. The minimum atomic E-state index is 0.624. The molecule has 1 aromatic heterocycles. The van der Waals surface area contributed by atoms with Crippen LogP contribution in [-0.4, -0.2) is 11.3 Å². The second-order valence-electron chi connectivity index (χ2n) is 3.18. The molecule has 0 bridgehead atoms. The van der Waals surface area contributed by atoms with Gasteiger partial charge in [0.25, 0.3) is 0 Å². The Balaban J connectivity index is 2.89. The molecule has 1 N–H and O–H groups in total. The van der Waals surface area contributed by atoms with E-state index < -0.39 is 0 Å². The summed E-state index contributed by atoms with van der Waals surface area (Å²) in [5.41, 5.74) is 5.02. The Morgan fingerprint density at radius 3 is 2.33 bits per heavy atom. The fourth-order valence-electron chi connectivity index (χ4n) is 1.54. The summed E-state index contributed by atoms with van der Waals surface area (Å²) in [5, 5.41) is 0. The summed E-state index contributed by atoms with van der Waals surface area (Å²) in [6, 6.07) is 0. The van der Waals surface area contributed by atoms with Gasteiger partial charge >= 0.3 is 0 Å². The van der Waals surface area contributed by atoms with Crippen molar-refractivity contribution in [2.24, 2.45) is 0 Å². The third-order valence-corrected chi connectivity index (χ3v) is 2.36. The van der Waals surface area contributed by atoms with Crippen LogP contribution in [0.3, 0.4) is 0 Å². The Morgan fingerprint density at radius 1 is 1.25 bits per heavy atom. The van der Waals surface area contributed by atoms with Gasteiger partial charge in [0, 0.05) is 17.8 Å². The van der Waals surface area contributed by atoms with Crippen molar-refractivity contribution >= 4 is 6.29 Å². The smallest absolute Gasteiger partial charge is 0.120 e. The number of aromatic amines is 1. The van der Waals surface area contributed by atoms with Gasteiger partial charge in [-0.2, -0.15) is 0 Å². The van der Waals surface area contributed by atoms with Crippen LogP contribution < -0.4 is 0 Å². The van der Waals surface area contributed by atoms with Crippen LogP contribution >= 0.6 is 0 Å². The summed E-state index contributed by atoms with van der Waals surface area (Å²) in [6.07, 6.45) is 2.46. The highest BCUT2D eigenvalue weighted by Gasteiger charge is 2.06. The maximum atomic E-state index is 10.2. The third kappa shape index (κ3) is 1.58. The SMILES string of the molecule is Cc1[nH]c(C)c(CCC=O)c1C. The number of H-pyrrole nitrogens is 1. The molecule has 1 heterocycles. The van der Waals surface area contributed by atoms with Crippen LogP contribution in [0.1, 0.15) is 28.9 Å². The van der Waals surface area contributed by atoms with E-state index >= 15 is 0 Å². The van der Waals surface area contributed by atoms with Gasteiger partial charge in [0.1, 0.15) is 6.29 Å². The van der Waals surface area contributed by atoms with Crippen molar-refractivity contribution in [3.63, 3.8) is 0 Å². The van der Waals surface area contributed by atoms with Gasteiger partial charge in [-0.3, -0.25) is 0 Å². The van der Waals surface area contributed by atoms with Crippen LogP contribution in [0.2, 0.25) is 0 Å². The Morgan fingerprint density at radius 2 is 1.92 bits per heavy atom. The highest BCUT2D eigenvalue weighted by molar-refractivity contribution is 5.51. The Hall–Kier alpha value is -1.05. The second kappa shape index (κ2) is 3.57. The molecule has 0 radical (unpaired) electrons. The minimum absolute atomic E-state index is 0.624. The van der Waals surface area contributed by atoms with Gasteiger partial charge in [-0.25, -0.2) is 0 Å². The standard InChI is InChI=1S/C10H15NO/c1-7-8(2)11-9(3)10(7)5-4-6-12/h6,11H,4-5H2,1-3H3. The maximum absolute atomic E-state index is 10.2. The largest absolute Gasteiger partial charge is 0.362 e. The molecule has 0 atom stereocenters. The molecular formula is C10H15NO. The maximum Gasteiger partial charge on any atom is 0.120 e. The lowest BCUT2D eigenvalue weighted by Gasteiger charge is -1.97. The monoisotopic (exact) mass is 165 g/mol. The van der Waals surface area contributed by atoms with E-state index in [2.05, 4.69) is 25.8 Å². The molecule has 0 unspecified atom stereocenters. The normalized spacial score (nSPS) is 10.2. The summed E-state index contributed by atoms with van der Waals surface area (Å²) in [6.45, 7) is 6.21. The van der Waals surface area contributed by atoms with Gasteiger partial charge in [-0.1, -0.05) is 0 Å². The first-order chi connectivity index (χ1) is 5.66. The zero-order valence-electron chi connectivity index (χ0n) is 7.90. The fourth-order valence-corrected chi connectivity index (χ4v) is 1.54. The number of hydrogen-bond donors (Lipinski definition) is 1. The molecule has 0 aliphatic carbocycles. The van der Waals surface area contributed by atoms with Crippen molar-refractivity contribution in [1.82, 2.24) is 4.98 Å². The quantitative estimate of drug-likeness (QED) is 0.683. The van der Waals surface area contributed by atoms with Gasteiger partial charge in [0.2, 0.25) is 0 Å². The highest BCUT2D eigenvalue weighted by atomic mass is 16.1. The molecule has 0 spiro atoms. The first-order valence-electron chi connectivity index (χ1n) is 4.25. The first-order valence-corrected chi connectivity index (χ1v) is 4.25. The summed E-state index contributed by atoms with van der Waals surface area (Å²) >= 11 is 0. The molecule has 2 heteroatoms. The zero-order chi connectivity index (χ0) is 9.14. The van der Waals surface area contributed by atoms with E-state index in [1.54, 1.807) is 0 Å². The molecule has 0 saturated carbocycles. The Bertz CT molecular complexity index is 286. The van der Waals surface area contributed by atoms with E-state index in [-0.39, 0.29) is 0 Å². The van der Waals surface area contributed by atoms with Crippen molar-refractivity contribution in [1.29, 1.82) is 0 Å². The van der Waals surface area contributed by atoms with E-state index in [4.69, 9.17) is 0 Å². The van der Waals surface area contributed by atoms with Crippen LogP contribution in [0.4, 0.5) is 0 Å². The zero-order valence-corrected chi connectivity index (χ0v) is 7.90. The van der Waals surface area contributed by atoms with E-state index in [0.29, 0.717) is 6.42 Å². The lowest BCUT2D eigenvalue weighted by Crippen LogP contribution is -1.89. The van der Waals surface area contributed by atoms with Gasteiger partial charge < -0.3 is 9.78 Å². The van der Waals surface area contributed by atoms with E-state index in [1.807, 2.05) is 0 Å². The number of carbonyl (C=O) groups excluding carboxylic acids is 1. The number of aryl methyl sites for hydroxylation is 2. The van der Waals surface area contributed by atoms with Crippen molar-refractivity contribution < 1.29 is 4.79 Å². The van der Waals surface area contributed by atoms with Gasteiger partial charge in [0.15, 0.2) is 0 Å². The number of nitrogens with one attached hydrogen (secondary N) is 1. The Labute approximate surface area is 73.0 Å². The van der Waals surface area contributed by atoms with Crippen molar-refractivity contribution in [3.05, 3.63) is 22.5 Å². The van der Waals surface area contributed by atoms with E-state index in [0.717, 1.165) is 12.7 Å². The van der Waals surface area contributed by atoms with Gasteiger partial charge in [0.05, 0.1) is 0 Å². The van der Waals surface area contributed by atoms with Crippen molar-refractivity contribution in [3.8, 4) is 0 Å². The Kier molecular flexibility index (Phi) is 2.69. The van der Waals surface area contributed by atoms with Crippen LogP contribution in [0.25, 0.3) is 0 Å². The van der Waals surface area contributed by atoms with Gasteiger partial charge in [-0.05, 0) is 38.3 Å². The summed E-state index contributed by atoms with van der Waals surface area (Å²) in [5.74, 6) is 0. The van der Waals surface area contributed by atoms with Crippen molar-refractivity contribution in [2.75, 3.05) is 0 Å². The topological polar surface area (TPSA) is 32.9 Å². The van der Waals surface area contributed by atoms with E-state index in [9.17, 15) is 4.79 Å². The summed E-state index contributed by atoms with van der Waals surface area (Å²) in [4.78, 5) is 13.5. The fraction of sp³-hybridized carbons (Fsp3) is 0.500.